The normalized spacial score (nSPS) is 19.4. The summed E-state index contributed by atoms with van der Waals surface area (Å²) in [5.41, 5.74) is 2.31. The number of piperidine rings is 1. The molecule has 6 nitrogen and oxygen atoms in total. The largest absolute Gasteiger partial charge is 0.396 e. The van der Waals surface area contributed by atoms with Crippen molar-refractivity contribution in [3.05, 3.63) is 24.2 Å². The van der Waals surface area contributed by atoms with Gasteiger partial charge in [-0.05, 0) is 44.1 Å². The van der Waals surface area contributed by atoms with Crippen LogP contribution in [0.5, 0.6) is 0 Å². The van der Waals surface area contributed by atoms with Gasteiger partial charge in [0.05, 0.1) is 11.9 Å². The van der Waals surface area contributed by atoms with E-state index in [0.717, 1.165) is 43.5 Å². The van der Waals surface area contributed by atoms with Gasteiger partial charge in [-0.1, -0.05) is 0 Å². The SMILES string of the molecule is O=C(c1cnc2c(c1)ncn2C1CC1)N1CCC(CCO)CC1. The molecule has 0 spiro atoms. The van der Waals surface area contributed by atoms with Crippen LogP contribution in [0.2, 0.25) is 0 Å². The van der Waals surface area contributed by atoms with Crippen molar-refractivity contribution in [2.75, 3.05) is 19.7 Å². The van der Waals surface area contributed by atoms with Crippen LogP contribution in [-0.2, 0) is 0 Å². The van der Waals surface area contributed by atoms with E-state index in [1.165, 1.54) is 12.8 Å². The van der Waals surface area contributed by atoms with Crippen LogP contribution in [-0.4, -0.2) is 50.1 Å². The van der Waals surface area contributed by atoms with Crippen molar-refractivity contribution in [1.82, 2.24) is 19.4 Å². The average Bonchev–Trinajstić information content (AvgIpc) is 3.34. The maximum Gasteiger partial charge on any atom is 0.255 e. The van der Waals surface area contributed by atoms with Gasteiger partial charge in [-0.2, -0.15) is 0 Å². The molecule has 1 aliphatic heterocycles. The predicted molar refractivity (Wildman–Crippen MR) is 86.1 cm³/mol. The minimum Gasteiger partial charge on any atom is -0.396 e. The van der Waals surface area contributed by atoms with Crippen LogP contribution in [0, 0.1) is 5.92 Å². The van der Waals surface area contributed by atoms with E-state index in [0.29, 0.717) is 17.5 Å². The van der Waals surface area contributed by atoms with Crippen molar-refractivity contribution in [3.8, 4) is 0 Å². The summed E-state index contributed by atoms with van der Waals surface area (Å²) in [6, 6.07) is 2.41. The molecule has 0 unspecified atom stereocenters. The van der Waals surface area contributed by atoms with Crippen molar-refractivity contribution in [1.29, 1.82) is 0 Å². The fraction of sp³-hybridized carbons (Fsp3) is 0.588. The monoisotopic (exact) mass is 314 g/mol. The molecule has 1 saturated carbocycles. The third-order valence-electron chi connectivity index (χ3n) is 5.04. The Morgan fingerprint density at radius 1 is 1.22 bits per heavy atom. The smallest absolute Gasteiger partial charge is 0.255 e. The molecule has 1 aliphatic carbocycles. The Balaban J connectivity index is 1.49. The lowest BCUT2D eigenvalue weighted by Gasteiger charge is -2.31. The van der Waals surface area contributed by atoms with E-state index in [2.05, 4.69) is 14.5 Å². The van der Waals surface area contributed by atoms with E-state index in [4.69, 9.17) is 5.11 Å². The Bertz CT molecular complexity index is 714. The van der Waals surface area contributed by atoms with Crippen LogP contribution in [0.15, 0.2) is 18.6 Å². The van der Waals surface area contributed by atoms with Crippen molar-refractivity contribution in [3.63, 3.8) is 0 Å². The first-order chi connectivity index (χ1) is 11.3. The van der Waals surface area contributed by atoms with Crippen molar-refractivity contribution >= 4 is 17.1 Å². The van der Waals surface area contributed by atoms with E-state index in [-0.39, 0.29) is 12.5 Å². The lowest BCUT2D eigenvalue weighted by molar-refractivity contribution is 0.0678. The molecule has 1 saturated heterocycles. The first-order valence-electron chi connectivity index (χ1n) is 8.49. The second kappa shape index (κ2) is 5.92. The summed E-state index contributed by atoms with van der Waals surface area (Å²) in [5.74, 6) is 0.585. The van der Waals surface area contributed by atoms with E-state index < -0.39 is 0 Å². The van der Waals surface area contributed by atoms with E-state index >= 15 is 0 Å². The number of aliphatic hydroxyl groups excluding tert-OH is 1. The number of likely N-dealkylation sites (tertiary alicyclic amines) is 1. The predicted octanol–water partition coefficient (Wildman–Crippen LogP) is 2.00. The number of fused-ring (bicyclic) bond motifs is 1. The Morgan fingerprint density at radius 3 is 2.70 bits per heavy atom. The van der Waals surface area contributed by atoms with E-state index in [1.807, 2.05) is 17.3 Å². The number of hydrogen-bond donors (Lipinski definition) is 1. The number of aromatic nitrogens is 3. The Kier molecular flexibility index (Phi) is 3.77. The number of carbonyl (C=O) groups excluding carboxylic acids is 1. The molecule has 122 valence electrons. The molecular weight excluding hydrogens is 292 g/mol. The van der Waals surface area contributed by atoms with Crippen LogP contribution in [0.1, 0.15) is 48.5 Å². The van der Waals surface area contributed by atoms with E-state index in [9.17, 15) is 4.79 Å². The zero-order valence-corrected chi connectivity index (χ0v) is 13.2. The van der Waals surface area contributed by atoms with Gasteiger partial charge >= 0.3 is 0 Å². The van der Waals surface area contributed by atoms with Crippen LogP contribution in [0.25, 0.3) is 11.2 Å². The molecule has 0 aromatic carbocycles. The number of aliphatic hydroxyl groups is 1. The highest BCUT2D eigenvalue weighted by Gasteiger charge is 2.27. The number of pyridine rings is 1. The Morgan fingerprint density at radius 2 is 2.00 bits per heavy atom. The van der Waals surface area contributed by atoms with Gasteiger partial charge in [-0.25, -0.2) is 9.97 Å². The molecule has 2 aromatic heterocycles. The van der Waals surface area contributed by atoms with Crippen LogP contribution in [0.4, 0.5) is 0 Å². The molecule has 0 radical (unpaired) electrons. The summed E-state index contributed by atoms with van der Waals surface area (Å²) in [6.45, 7) is 1.76. The van der Waals surface area contributed by atoms with Crippen molar-refractivity contribution in [2.45, 2.75) is 38.1 Å². The zero-order chi connectivity index (χ0) is 15.8. The molecule has 0 atom stereocenters. The van der Waals surface area contributed by atoms with Gasteiger partial charge in [0.25, 0.3) is 5.91 Å². The van der Waals surface area contributed by atoms with Gasteiger partial charge in [0, 0.05) is 31.9 Å². The molecule has 1 amide bonds. The number of amides is 1. The molecule has 1 N–H and O–H groups in total. The lowest BCUT2D eigenvalue weighted by Crippen LogP contribution is -2.38. The van der Waals surface area contributed by atoms with Crippen LogP contribution in [0.3, 0.4) is 0 Å². The first kappa shape index (κ1) is 14.6. The fourth-order valence-electron chi connectivity index (χ4n) is 3.45. The molecule has 2 aliphatic rings. The van der Waals surface area contributed by atoms with Gasteiger partial charge in [0.2, 0.25) is 0 Å². The van der Waals surface area contributed by atoms with Gasteiger partial charge in [-0.3, -0.25) is 4.79 Å². The quantitative estimate of drug-likeness (QED) is 0.937. The fourth-order valence-corrected chi connectivity index (χ4v) is 3.45. The summed E-state index contributed by atoms with van der Waals surface area (Å²) in [7, 11) is 0. The molecule has 2 aromatic rings. The summed E-state index contributed by atoms with van der Waals surface area (Å²) >= 11 is 0. The van der Waals surface area contributed by atoms with Gasteiger partial charge in [-0.15, -0.1) is 0 Å². The topological polar surface area (TPSA) is 71.2 Å². The average molecular weight is 314 g/mol. The number of nitrogens with zero attached hydrogens (tertiary/aromatic N) is 4. The molecule has 2 fully saturated rings. The summed E-state index contributed by atoms with van der Waals surface area (Å²) in [4.78, 5) is 23.4. The molecule has 0 bridgehead atoms. The van der Waals surface area contributed by atoms with Crippen LogP contribution >= 0.6 is 0 Å². The first-order valence-corrected chi connectivity index (χ1v) is 8.49. The maximum absolute atomic E-state index is 12.7. The number of carbonyl (C=O) groups is 1. The van der Waals surface area contributed by atoms with Gasteiger partial charge < -0.3 is 14.6 Å². The van der Waals surface area contributed by atoms with Crippen molar-refractivity contribution < 1.29 is 9.90 Å². The summed E-state index contributed by atoms with van der Waals surface area (Å²) in [5, 5.41) is 9.02. The molecule has 6 heteroatoms. The molecule has 3 heterocycles. The minimum atomic E-state index is 0.0443. The highest BCUT2D eigenvalue weighted by Crippen LogP contribution is 2.36. The van der Waals surface area contributed by atoms with Gasteiger partial charge in [0.1, 0.15) is 5.52 Å². The Hall–Kier alpha value is -1.95. The van der Waals surface area contributed by atoms with Crippen LogP contribution < -0.4 is 0 Å². The maximum atomic E-state index is 12.7. The zero-order valence-electron chi connectivity index (χ0n) is 13.2. The third-order valence-corrected chi connectivity index (χ3v) is 5.04. The summed E-state index contributed by atoms with van der Waals surface area (Å²) < 4.78 is 2.12. The minimum absolute atomic E-state index is 0.0443. The molecule has 23 heavy (non-hydrogen) atoms. The molecule has 4 rings (SSSR count). The second-order valence-corrected chi connectivity index (χ2v) is 6.70. The molecular formula is C17H22N4O2. The second-order valence-electron chi connectivity index (χ2n) is 6.70. The third kappa shape index (κ3) is 2.83. The summed E-state index contributed by atoms with van der Waals surface area (Å²) in [6.07, 6.45) is 8.69. The van der Waals surface area contributed by atoms with Gasteiger partial charge in [0.15, 0.2) is 5.65 Å². The van der Waals surface area contributed by atoms with E-state index in [1.54, 1.807) is 6.20 Å². The highest BCUT2D eigenvalue weighted by atomic mass is 16.3. The lowest BCUT2D eigenvalue weighted by atomic mass is 9.93. The number of hydrogen-bond acceptors (Lipinski definition) is 4. The highest BCUT2D eigenvalue weighted by molar-refractivity contribution is 5.96. The number of rotatable bonds is 4. The Labute approximate surface area is 135 Å². The standard InChI is InChI=1S/C17H22N4O2/c22-8-5-12-3-6-20(7-4-12)17(23)13-9-15-16(18-10-13)21(11-19-15)14-1-2-14/h9-12,14,22H,1-8H2. The van der Waals surface area contributed by atoms with Crippen molar-refractivity contribution in [2.24, 2.45) is 5.92 Å². The number of imidazole rings is 1.